The van der Waals surface area contributed by atoms with Gasteiger partial charge < -0.3 is 19.8 Å². The Labute approximate surface area is 183 Å². The highest BCUT2D eigenvalue weighted by atomic mass is 19.4. The van der Waals surface area contributed by atoms with Gasteiger partial charge in [-0.1, -0.05) is 25.1 Å². The first-order chi connectivity index (χ1) is 15.3. The van der Waals surface area contributed by atoms with Gasteiger partial charge in [0.2, 0.25) is 0 Å². The summed E-state index contributed by atoms with van der Waals surface area (Å²) < 4.78 is 52.2. The van der Waals surface area contributed by atoms with Gasteiger partial charge in [0, 0.05) is 23.5 Å². The number of carbonyl (C=O) groups is 1. The van der Waals surface area contributed by atoms with E-state index in [0.29, 0.717) is 41.0 Å². The molecule has 5 nitrogen and oxygen atoms in total. The number of ether oxygens (including phenoxy) is 1. The van der Waals surface area contributed by atoms with Crippen LogP contribution in [0.5, 0.6) is 5.75 Å². The summed E-state index contributed by atoms with van der Waals surface area (Å²) >= 11 is 0. The highest BCUT2D eigenvalue weighted by molar-refractivity contribution is 6.07. The van der Waals surface area contributed by atoms with Crippen molar-refractivity contribution in [1.82, 2.24) is 10.6 Å². The summed E-state index contributed by atoms with van der Waals surface area (Å²) in [6.45, 7) is 5.06. The number of aryl methyl sites for hydroxylation is 1. The average Bonchev–Trinajstić information content (AvgIpc) is 3.37. The number of hydrogen-bond acceptors (Lipinski definition) is 4. The van der Waals surface area contributed by atoms with Crippen LogP contribution in [0.3, 0.4) is 0 Å². The van der Waals surface area contributed by atoms with Gasteiger partial charge in [0.1, 0.15) is 23.2 Å². The van der Waals surface area contributed by atoms with E-state index in [1.54, 1.807) is 38.1 Å². The van der Waals surface area contributed by atoms with Gasteiger partial charge in [-0.15, -0.1) is 0 Å². The van der Waals surface area contributed by atoms with E-state index in [1.807, 2.05) is 0 Å². The highest BCUT2D eigenvalue weighted by Crippen LogP contribution is 2.38. The van der Waals surface area contributed by atoms with Crippen LogP contribution < -0.4 is 15.4 Å². The number of fused-ring (bicyclic) bond motifs is 1. The van der Waals surface area contributed by atoms with Gasteiger partial charge in [0.05, 0.1) is 11.1 Å². The molecule has 1 aromatic heterocycles. The second-order valence-electron chi connectivity index (χ2n) is 7.95. The van der Waals surface area contributed by atoms with E-state index >= 15 is 0 Å². The van der Waals surface area contributed by atoms with Crippen molar-refractivity contribution in [3.8, 4) is 5.75 Å². The van der Waals surface area contributed by atoms with Crippen LogP contribution >= 0.6 is 0 Å². The van der Waals surface area contributed by atoms with E-state index in [-0.39, 0.29) is 17.5 Å². The first kappa shape index (κ1) is 22.2. The number of furan rings is 1. The maximum Gasteiger partial charge on any atom is 0.416 e. The van der Waals surface area contributed by atoms with Crippen LogP contribution in [0.25, 0.3) is 11.0 Å². The van der Waals surface area contributed by atoms with Crippen LogP contribution in [0.1, 0.15) is 53.1 Å². The van der Waals surface area contributed by atoms with Crippen molar-refractivity contribution >= 4 is 16.9 Å². The fraction of sp³-hybridized carbons (Fsp3) is 0.375. The van der Waals surface area contributed by atoms with Crippen LogP contribution in [0, 0.1) is 6.92 Å². The third kappa shape index (κ3) is 4.46. The Morgan fingerprint density at radius 1 is 1.28 bits per heavy atom. The summed E-state index contributed by atoms with van der Waals surface area (Å²) in [5.74, 6) is 0.621. The van der Waals surface area contributed by atoms with Crippen molar-refractivity contribution in [2.45, 2.75) is 45.0 Å². The molecule has 2 heterocycles. The summed E-state index contributed by atoms with van der Waals surface area (Å²) in [6.07, 6.45) is -4.07. The molecule has 0 radical (unpaired) electrons. The Hall–Kier alpha value is -3.00. The van der Waals surface area contributed by atoms with Gasteiger partial charge in [-0.25, -0.2) is 0 Å². The minimum Gasteiger partial charge on any atom is -0.486 e. The maximum atomic E-state index is 13.5. The number of amides is 1. The predicted molar refractivity (Wildman–Crippen MR) is 115 cm³/mol. The van der Waals surface area contributed by atoms with Gasteiger partial charge in [-0.2, -0.15) is 13.2 Å². The lowest BCUT2D eigenvalue weighted by Gasteiger charge is -2.22. The average molecular weight is 446 g/mol. The molecule has 1 saturated heterocycles. The molecule has 0 spiro atoms. The molecule has 4 rings (SSSR count). The quantitative estimate of drug-likeness (QED) is 0.534. The molecule has 0 unspecified atom stereocenters. The fourth-order valence-electron chi connectivity index (χ4n) is 4.16. The first-order valence-corrected chi connectivity index (χ1v) is 10.7. The number of alkyl halides is 3. The Morgan fingerprint density at radius 2 is 2.06 bits per heavy atom. The Morgan fingerprint density at radius 3 is 2.75 bits per heavy atom. The molecular formula is C24H25F3N2O3. The Balaban J connectivity index is 1.64. The number of benzene rings is 2. The van der Waals surface area contributed by atoms with Gasteiger partial charge in [-0.05, 0) is 50.6 Å². The largest absolute Gasteiger partial charge is 0.486 e. The van der Waals surface area contributed by atoms with Crippen LogP contribution in [0.15, 0.2) is 46.9 Å². The SMILES string of the molecule is CC[C@@H](Oc1ccc2oc(C)c(C(=O)N[C@@H]3CCNC3)c2c1)c1ccccc1C(F)(F)F. The zero-order valence-electron chi connectivity index (χ0n) is 17.9. The molecule has 0 saturated carbocycles. The molecule has 1 fully saturated rings. The van der Waals surface area contributed by atoms with E-state index in [4.69, 9.17) is 9.15 Å². The minimum atomic E-state index is -4.47. The van der Waals surface area contributed by atoms with Gasteiger partial charge in [-0.3, -0.25) is 4.79 Å². The molecule has 1 aliphatic heterocycles. The molecule has 2 atom stereocenters. The minimum absolute atomic E-state index is 0.0506. The molecule has 32 heavy (non-hydrogen) atoms. The molecular weight excluding hydrogens is 421 g/mol. The molecule has 1 amide bonds. The van der Waals surface area contributed by atoms with E-state index in [0.717, 1.165) is 19.0 Å². The summed E-state index contributed by atoms with van der Waals surface area (Å²) in [5, 5.41) is 6.78. The van der Waals surface area contributed by atoms with Crippen molar-refractivity contribution in [3.05, 3.63) is 64.9 Å². The van der Waals surface area contributed by atoms with Crippen LogP contribution in [0.2, 0.25) is 0 Å². The molecule has 0 aliphatic carbocycles. The van der Waals surface area contributed by atoms with Crippen molar-refractivity contribution in [1.29, 1.82) is 0 Å². The molecule has 2 aromatic carbocycles. The number of halogens is 3. The third-order valence-electron chi connectivity index (χ3n) is 5.72. The van der Waals surface area contributed by atoms with Gasteiger partial charge >= 0.3 is 6.18 Å². The number of rotatable bonds is 6. The number of carbonyl (C=O) groups excluding carboxylic acids is 1. The van der Waals surface area contributed by atoms with E-state index in [2.05, 4.69) is 10.6 Å². The zero-order valence-corrected chi connectivity index (χ0v) is 17.9. The van der Waals surface area contributed by atoms with Crippen molar-refractivity contribution < 1.29 is 27.1 Å². The Kier molecular flexibility index (Phi) is 6.15. The van der Waals surface area contributed by atoms with Crippen molar-refractivity contribution in [2.75, 3.05) is 13.1 Å². The van der Waals surface area contributed by atoms with Gasteiger partial charge in [0.15, 0.2) is 0 Å². The molecule has 1 aliphatic rings. The van der Waals surface area contributed by atoms with Crippen molar-refractivity contribution in [2.24, 2.45) is 0 Å². The highest BCUT2D eigenvalue weighted by Gasteiger charge is 2.35. The Bertz CT molecular complexity index is 1120. The fourth-order valence-corrected chi connectivity index (χ4v) is 4.16. The molecule has 170 valence electrons. The topological polar surface area (TPSA) is 63.5 Å². The summed E-state index contributed by atoms with van der Waals surface area (Å²) in [4.78, 5) is 12.9. The lowest BCUT2D eigenvalue weighted by atomic mass is 10.00. The summed E-state index contributed by atoms with van der Waals surface area (Å²) in [7, 11) is 0. The smallest absolute Gasteiger partial charge is 0.416 e. The molecule has 8 heteroatoms. The van der Waals surface area contributed by atoms with Crippen LogP contribution in [-0.2, 0) is 6.18 Å². The standard InChI is InChI=1S/C24H25F3N2O3/c1-3-20(17-6-4-5-7-19(17)24(25,26)27)32-16-8-9-21-18(12-16)22(14(2)31-21)23(30)29-15-10-11-28-13-15/h4-9,12,15,20,28H,3,10-11,13H2,1-2H3,(H,29,30)/t15-,20-/m1/s1. The van der Waals surface area contributed by atoms with E-state index < -0.39 is 17.8 Å². The van der Waals surface area contributed by atoms with Crippen molar-refractivity contribution in [3.63, 3.8) is 0 Å². The second-order valence-corrected chi connectivity index (χ2v) is 7.95. The second kappa shape index (κ2) is 8.86. The zero-order chi connectivity index (χ0) is 22.9. The number of nitrogens with one attached hydrogen (secondary N) is 2. The van der Waals surface area contributed by atoms with Crippen LogP contribution in [-0.4, -0.2) is 25.0 Å². The van der Waals surface area contributed by atoms with Gasteiger partial charge in [0.25, 0.3) is 5.91 Å². The normalized spacial score (nSPS) is 17.5. The van der Waals surface area contributed by atoms with Crippen LogP contribution in [0.4, 0.5) is 13.2 Å². The first-order valence-electron chi connectivity index (χ1n) is 10.7. The molecule has 0 bridgehead atoms. The van der Waals surface area contributed by atoms with E-state index in [1.165, 1.54) is 12.1 Å². The molecule has 2 N–H and O–H groups in total. The third-order valence-corrected chi connectivity index (χ3v) is 5.72. The monoisotopic (exact) mass is 446 g/mol. The van der Waals surface area contributed by atoms with E-state index in [9.17, 15) is 18.0 Å². The summed E-state index contributed by atoms with van der Waals surface area (Å²) in [5.41, 5.74) is 0.310. The molecule has 3 aromatic rings. The maximum absolute atomic E-state index is 13.5. The summed E-state index contributed by atoms with van der Waals surface area (Å²) in [6, 6.07) is 10.5. The predicted octanol–water partition coefficient (Wildman–Crippen LogP) is 5.38. The number of hydrogen-bond donors (Lipinski definition) is 2. The lowest BCUT2D eigenvalue weighted by Crippen LogP contribution is -2.36. The lowest BCUT2D eigenvalue weighted by molar-refractivity contribution is -0.139.